The third-order valence-corrected chi connectivity index (χ3v) is 2.82. The maximum absolute atomic E-state index is 12.2. The normalized spacial score (nSPS) is 13.5. The summed E-state index contributed by atoms with van der Waals surface area (Å²) in [5.41, 5.74) is 5.63. The fraction of sp³-hybridized carbons (Fsp3) is 0.455. The second kappa shape index (κ2) is 5.99. The van der Waals surface area contributed by atoms with Gasteiger partial charge in [-0.25, -0.2) is 0 Å². The Bertz CT molecular complexity index is 423. The van der Waals surface area contributed by atoms with Crippen LogP contribution in [0.3, 0.4) is 0 Å². The highest BCUT2D eigenvalue weighted by atomic mass is 35.5. The summed E-state index contributed by atoms with van der Waals surface area (Å²) in [6.07, 6.45) is -5.51. The third kappa shape index (κ3) is 4.23. The zero-order chi connectivity index (χ0) is 13.9. The van der Waals surface area contributed by atoms with Crippen LogP contribution in [0.25, 0.3) is 0 Å². The van der Waals surface area contributed by atoms with Crippen molar-refractivity contribution in [3.05, 3.63) is 27.7 Å². The lowest BCUT2D eigenvalue weighted by Crippen LogP contribution is -2.20. The van der Waals surface area contributed by atoms with Crippen molar-refractivity contribution in [1.29, 1.82) is 0 Å². The van der Waals surface area contributed by atoms with Crippen LogP contribution in [0.15, 0.2) is 12.1 Å². The number of nitrogens with two attached hydrogens (primary N) is 1. The van der Waals surface area contributed by atoms with Gasteiger partial charge in [0.15, 0.2) is 0 Å². The SMILES string of the molecule is CCOc1cc(Cl)c(C(N)CC(F)(F)F)cc1Cl. The molecule has 1 atom stereocenters. The predicted molar refractivity (Wildman–Crippen MR) is 65.2 cm³/mol. The Kier molecular flexibility index (Phi) is 5.13. The molecule has 102 valence electrons. The lowest BCUT2D eigenvalue weighted by Gasteiger charge is -2.17. The Morgan fingerprint density at radius 3 is 2.39 bits per heavy atom. The summed E-state index contributed by atoms with van der Waals surface area (Å²) in [5.74, 6) is 0.326. The standard InChI is InChI=1S/C11H12Cl2F3NO/c1-2-18-10-4-7(12)6(3-8(10)13)9(17)5-11(14,15)16/h3-4,9H,2,5,17H2,1H3. The Morgan fingerprint density at radius 1 is 1.28 bits per heavy atom. The second-order valence-corrected chi connectivity index (χ2v) is 4.48. The van der Waals surface area contributed by atoms with Gasteiger partial charge < -0.3 is 10.5 Å². The van der Waals surface area contributed by atoms with Gasteiger partial charge >= 0.3 is 6.18 Å². The first kappa shape index (κ1) is 15.4. The molecular weight excluding hydrogens is 290 g/mol. The van der Waals surface area contributed by atoms with Gasteiger partial charge in [0.2, 0.25) is 0 Å². The first-order chi connectivity index (χ1) is 8.24. The van der Waals surface area contributed by atoms with Gasteiger partial charge in [-0.15, -0.1) is 0 Å². The minimum Gasteiger partial charge on any atom is -0.492 e. The maximum Gasteiger partial charge on any atom is 0.390 e. The molecule has 0 aliphatic carbocycles. The molecule has 1 aromatic carbocycles. The van der Waals surface area contributed by atoms with Crippen molar-refractivity contribution in [2.45, 2.75) is 25.6 Å². The highest BCUT2D eigenvalue weighted by molar-refractivity contribution is 6.34. The Morgan fingerprint density at radius 2 is 1.89 bits per heavy atom. The average Bonchev–Trinajstić information content (AvgIpc) is 2.20. The summed E-state index contributed by atoms with van der Waals surface area (Å²) in [5, 5.41) is 0.300. The minimum absolute atomic E-state index is 0.111. The van der Waals surface area contributed by atoms with Crippen LogP contribution >= 0.6 is 23.2 Å². The topological polar surface area (TPSA) is 35.2 Å². The quantitative estimate of drug-likeness (QED) is 0.897. The van der Waals surface area contributed by atoms with Crippen LogP contribution in [0.5, 0.6) is 5.75 Å². The third-order valence-electron chi connectivity index (χ3n) is 2.20. The Labute approximate surface area is 113 Å². The zero-order valence-electron chi connectivity index (χ0n) is 9.52. The molecule has 2 N–H and O–H groups in total. The molecule has 0 radical (unpaired) electrons. The predicted octanol–water partition coefficient (Wildman–Crippen LogP) is 4.34. The summed E-state index contributed by atoms with van der Waals surface area (Å²) < 4.78 is 41.9. The van der Waals surface area contributed by atoms with Crippen molar-refractivity contribution in [3.8, 4) is 5.75 Å². The van der Waals surface area contributed by atoms with Crippen LogP contribution in [0.1, 0.15) is 24.9 Å². The lowest BCUT2D eigenvalue weighted by molar-refractivity contribution is -0.138. The van der Waals surface area contributed by atoms with E-state index in [-0.39, 0.29) is 15.6 Å². The molecule has 0 heterocycles. The van der Waals surface area contributed by atoms with E-state index in [1.165, 1.54) is 12.1 Å². The zero-order valence-corrected chi connectivity index (χ0v) is 11.0. The lowest BCUT2D eigenvalue weighted by atomic mass is 10.0. The summed E-state index contributed by atoms with van der Waals surface area (Å²) in [4.78, 5) is 0. The van der Waals surface area contributed by atoms with Crippen LogP contribution in [0, 0.1) is 0 Å². The molecule has 0 amide bonds. The van der Waals surface area contributed by atoms with Gasteiger partial charge in [-0.3, -0.25) is 0 Å². The first-order valence-corrected chi connectivity index (χ1v) is 5.94. The molecule has 0 fully saturated rings. The number of benzene rings is 1. The van der Waals surface area contributed by atoms with Gasteiger partial charge in [0.25, 0.3) is 0 Å². The molecule has 0 spiro atoms. The second-order valence-electron chi connectivity index (χ2n) is 3.66. The van der Waals surface area contributed by atoms with E-state index in [1.807, 2.05) is 0 Å². The molecule has 0 saturated carbocycles. The van der Waals surface area contributed by atoms with Gasteiger partial charge in [0, 0.05) is 17.1 Å². The number of ether oxygens (including phenoxy) is 1. The number of halogens is 5. The Hall–Kier alpha value is -0.650. The first-order valence-electron chi connectivity index (χ1n) is 5.18. The van der Waals surface area contributed by atoms with Crippen LogP contribution in [-0.4, -0.2) is 12.8 Å². The molecule has 18 heavy (non-hydrogen) atoms. The van der Waals surface area contributed by atoms with Gasteiger partial charge in [-0.05, 0) is 18.6 Å². The van der Waals surface area contributed by atoms with Crippen molar-refractivity contribution in [2.24, 2.45) is 5.73 Å². The molecule has 0 saturated heterocycles. The number of hydrogen-bond acceptors (Lipinski definition) is 2. The molecule has 0 aliphatic heterocycles. The average molecular weight is 302 g/mol. The molecule has 0 bridgehead atoms. The molecule has 1 aromatic rings. The highest BCUT2D eigenvalue weighted by Crippen LogP contribution is 2.36. The van der Waals surface area contributed by atoms with Gasteiger partial charge in [-0.2, -0.15) is 13.2 Å². The Balaban J connectivity index is 3.00. The number of rotatable bonds is 4. The van der Waals surface area contributed by atoms with E-state index in [2.05, 4.69) is 0 Å². The smallest absolute Gasteiger partial charge is 0.390 e. The van der Waals surface area contributed by atoms with E-state index in [4.69, 9.17) is 33.7 Å². The molecule has 2 nitrogen and oxygen atoms in total. The maximum atomic E-state index is 12.2. The van der Waals surface area contributed by atoms with Crippen LogP contribution in [0.4, 0.5) is 13.2 Å². The molecule has 0 aliphatic rings. The molecule has 7 heteroatoms. The summed E-state index contributed by atoms with van der Waals surface area (Å²) >= 11 is 11.7. The van der Waals surface area contributed by atoms with Crippen LogP contribution in [-0.2, 0) is 0 Å². The largest absolute Gasteiger partial charge is 0.492 e. The van der Waals surface area contributed by atoms with E-state index in [1.54, 1.807) is 6.92 Å². The van der Waals surface area contributed by atoms with Crippen LogP contribution in [0.2, 0.25) is 10.0 Å². The van der Waals surface area contributed by atoms with Crippen molar-refractivity contribution >= 4 is 23.2 Å². The minimum atomic E-state index is -4.35. The van der Waals surface area contributed by atoms with Crippen molar-refractivity contribution in [2.75, 3.05) is 6.61 Å². The van der Waals surface area contributed by atoms with Crippen molar-refractivity contribution in [1.82, 2.24) is 0 Å². The number of hydrogen-bond donors (Lipinski definition) is 1. The van der Waals surface area contributed by atoms with Crippen molar-refractivity contribution < 1.29 is 17.9 Å². The van der Waals surface area contributed by atoms with Gasteiger partial charge in [-0.1, -0.05) is 23.2 Å². The summed E-state index contributed by atoms with van der Waals surface area (Å²) in [6, 6.07) is 1.44. The summed E-state index contributed by atoms with van der Waals surface area (Å²) in [6.45, 7) is 2.14. The fourth-order valence-electron chi connectivity index (χ4n) is 1.45. The van der Waals surface area contributed by atoms with E-state index in [0.717, 1.165) is 0 Å². The molecule has 1 rings (SSSR count). The molecule has 1 unspecified atom stereocenters. The fourth-order valence-corrected chi connectivity index (χ4v) is 1.97. The van der Waals surface area contributed by atoms with Crippen LogP contribution < -0.4 is 10.5 Å². The van der Waals surface area contributed by atoms with E-state index < -0.39 is 18.6 Å². The summed E-state index contributed by atoms with van der Waals surface area (Å²) in [7, 11) is 0. The van der Waals surface area contributed by atoms with Gasteiger partial charge in [0.05, 0.1) is 18.1 Å². The van der Waals surface area contributed by atoms with E-state index >= 15 is 0 Å². The van der Waals surface area contributed by atoms with Gasteiger partial charge in [0.1, 0.15) is 5.75 Å². The highest BCUT2D eigenvalue weighted by Gasteiger charge is 2.32. The van der Waals surface area contributed by atoms with E-state index in [0.29, 0.717) is 12.4 Å². The molecular formula is C11H12Cl2F3NO. The monoisotopic (exact) mass is 301 g/mol. The number of alkyl halides is 3. The van der Waals surface area contributed by atoms with Crippen molar-refractivity contribution in [3.63, 3.8) is 0 Å². The van der Waals surface area contributed by atoms with E-state index in [9.17, 15) is 13.2 Å². The molecule has 0 aromatic heterocycles.